The van der Waals surface area contributed by atoms with Crippen LogP contribution in [0.4, 0.5) is 10.1 Å². The first-order valence-corrected chi connectivity index (χ1v) is 7.14. The fourth-order valence-corrected chi connectivity index (χ4v) is 2.48. The SMILES string of the molecule is CCC(CC)(C(=O)Nc1ccc(Br)c(F)c1)C(N)=S. The molecule has 1 aromatic carbocycles. The average molecular weight is 347 g/mol. The van der Waals surface area contributed by atoms with Crippen molar-refractivity contribution < 1.29 is 9.18 Å². The Balaban J connectivity index is 3.00. The summed E-state index contributed by atoms with van der Waals surface area (Å²) in [6.45, 7) is 3.70. The van der Waals surface area contributed by atoms with Crippen LogP contribution < -0.4 is 11.1 Å². The van der Waals surface area contributed by atoms with E-state index in [1.54, 1.807) is 6.07 Å². The van der Waals surface area contributed by atoms with Gasteiger partial charge in [0.2, 0.25) is 5.91 Å². The minimum absolute atomic E-state index is 0.160. The number of anilines is 1. The van der Waals surface area contributed by atoms with Gasteiger partial charge in [0.25, 0.3) is 0 Å². The summed E-state index contributed by atoms with van der Waals surface area (Å²) in [5, 5.41) is 2.67. The zero-order chi connectivity index (χ0) is 14.6. The standard InChI is InChI=1S/C13H16BrFN2OS/c1-3-13(4-2,11(16)19)12(18)17-8-5-6-9(14)10(15)7-8/h5-7H,3-4H2,1-2H3,(H2,16,19)(H,17,18). The molecular weight excluding hydrogens is 331 g/mol. The first kappa shape index (κ1) is 16.0. The molecule has 1 rings (SSSR count). The van der Waals surface area contributed by atoms with E-state index in [1.165, 1.54) is 12.1 Å². The van der Waals surface area contributed by atoms with Crippen LogP contribution in [0.3, 0.4) is 0 Å². The van der Waals surface area contributed by atoms with Crippen molar-refractivity contribution in [3.05, 3.63) is 28.5 Å². The van der Waals surface area contributed by atoms with Gasteiger partial charge in [-0.25, -0.2) is 4.39 Å². The number of halogens is 2. The number of nitrogens with two attached hydrogens (primary N) is 1. The zero-order valence-electron chi connectivity index (χ0n) is 10.8. The van der Waals surface area contributed by atoms with Crippen molar-refractivity contribution >= 4 is 44.7 Å². The van der Waals surface area contributed by atoms with Crippen LogP contribution in [0.2, 0.25) is 0 Å². The van der Waals surface area contributed by atoms with Crippen LogP contribution >= 0.6 is 28.1 Å². The lowest BCUT2D eigenvalue weighted by Crippen LogP contribution is -2.45. The van der Waals surface area contributed by atoms with Crippen LogP contribution in [0, 0.1) is 11.2 Å². The first-order chi connectivity index (χ1) is 8.87. The molecule has 0 aromatic heterocycles. The summed E-state index contributed by atoms with van der Waals surface area (Å²) < 4.78 is 13.7. The Morgan fingerprint density at radius 1 is 1.47 bits per heavy atom. The Labute approximate surface area is 125 Å². The quantitative estimate of drug-likeness (QED) is 0.800. The highest BCUT2D eigenvalue weighted by Crippen LogP contribution is 2.29. The number of carbonyl (C=O) groups is 1. The molecule has 6 heteroatoms. The summed E-state index contributed by atoms with van der Waals surface area (Å²) in [7, 11) is 0. The second kappa shape index (κ2) is 6.43. The molecule has 0 unspecified atom stereocenters. The third-order valence-corrected chi connectivity index (χ3v) is 4.32. The Morgan fingerprint density at radius 3 is 2.47 bits per heavy atom. The van der Waals surface area contributed by atoms with Gasteiger partial charge in [0.05, 0.1) is 14.9 Å². The summed E-state index contributed by atoms with van der Waals surface area (Å²) in [5.74, 6) is -0.738. The molecule has 1 aromatic rings. The van der Waals surface area contributed by atoms with Crippen molar-refractivity contribution in [3.8, 4) is 0 Å². The normalized spacial score (nSPS) is 11.2. The molecule has 1 amide bonds. The van der Waals surface area contributed by atoms with E-state index in [0.29, 0.717) is 23.0 Å². The van der Waals surface area contributed by atoms with E-state index in [9.17, 15) is 9.18 Å². The maximum atomic E-state index is 13.4. The van der Waals surface area contributed by atoms with Gasteiger partial charge >= 0.3 is 0 Å². The highest BCUT2D eigenvalue weighted by atomic mass is 79.9. The second-order valence-corrected chi connectivity index (χ2v) is 5.53. The van der Waals surface area contributed by atoms with Gasteiger partial charge in [-0.05, 0) is 47.0 Å². The molecule has 0 saturated heterocycles. The van der Waals surface area contributed by atoms with E-state index < -0.39 is 11.2 Å². The molecule has 0 atom stereocenters. The van der Waals surface area contributed by atoms with E-state index >= 15 is 0 Å². The van der Waals surface area contributed by atoms with Crippen LogP contribution in [-0.4, -0.2) is 10.9 Å². The summed E-state index contributed by atoms with van der Waals surface area (Å²) >= 11 is 8.06. The smallest absolute Gasteiger partial charge is 0.237 e. The summed E-state index contributed by atoms with van der Waals surface area (Å²) in [5.41, 5.74) is 5.18. The maximum Gasteiger partial charge on any atom is 0.237 e. The second-order valence-electron chi connectivity index (χ2n) is 4.24. The minimum atomic E-state index is -0.890. The van der Waals surface area contributed by atoms with Gasteiger partial charge < -0.3 is 11.1 Å². The van der Waals surface area contributed by atoms with Crippen LogP contribution in [0.25, 0.3) is 0 Å². The number of rotatable bonds is 5. The van der Waals surface area contributed by atoms with Gasteiger partial charge in [-0.1, -0.05) is 26.1 Å². The third-order valence-electron chi connectivity index (χ3n) is 3.29. The van der Waals surface area contributed by atoms with Gasteiger partial charge in [0, 0.05) is 5.69 Å². The van der Waals surface area contributed by atoms with Gasteiger partial charge in [-0.3, -0.25) is 4.79 Å². The monoisotopic (exact) mass is 346 g/mol. The fraction of sp³-hybridized carbons (Fsp3) is 0.385. The molecule has 0 fully saturated rings. The van der Waals surface area contributed by atoms with E-state index in [4.69, 9.17) is 18.0 Å². The molecule has 3 nitrogen and oxygen atoms in total. The van der Waals surface area contributed by atoms with Crippen molar-refractivity contribution in [1.29, 1.82) is 0 Å². The first-order valence-electron chi connectivity index (χ1n) is 5.93. The largest absolute Gasteiger partial charge is 0.392 e. The molecule has 0 saturated carbocycles. The number of carbonyl (C=O) groups excluding carboxylic acids is 1. The molecule has 0 aliphatic heterocycles. The van der Waals surface area contributed by atoms with E-state index in [1.807, 2.05) is 13.8 Å². The minimum Gasteiger partial charge on any atom is -0.392 e. The van der Waals surface area contributed by atoms with Crippen LogP contribution in [0.1, 0.15) is 26.7 Å². The van der Waals surface area contributed by atoms with Gasteiger partial charge in [0.1, 0.15) is 5.82 Å². The van der Waals surface area contributed by atoms with E-state index in [-0.39, 0.29) is 10.9 Å². The molecule has 0 bridgehead atoms. The Kier molecular flexibility index (Phi) is 5.43. The topological polar surface area (TPSA) is 55.1 Å². The Bertz CT molecular complexity index is 503. The van der Waals surface area contributed by atoms with Crippen molar-refractivity contribution in [2.75, 3.05) is 5.32 Å². The molecule has 0 heterocycles. The summed E-state index contributed by atoms with van der Waals surface area (Å²) in [4.78, 5) is 12.5. The number of hydrogen-bond acceptors (Lipinski definition) is 2. The van der Waals surface area contributed by atoms with Crippen molar-refractivity contribution in [3.63, 3.8) is 0 Å². The lowest BCUT2D eigenvalue weighted by Gasteiger charge is -2.28. The molecule has 19 heavy (non-hydrogen) atoms. The summed E-state index contributed by atoms with van der Waals surface area (Å²) in [6.07, 6.45) is 1.01. The highest BCUT2D eigenvalue weighted by Gasteiger charge is 2.38. The maximum absolute atomic E-state index is 13.4. The van der Waals surface area contributed by atoms with Crippen LogP contribution in [-0.2, 0) is 4.79 Å². The lowest BCUT2D eigenvalue weighted by atomic mass is 9.81. The molecular formula is C13H16BrFN2OS. The zero-order valence-corrected chi connectivity index (χ0v) is 13.2. The Hall–Kier alpha value is -1.01. The van der Waals surface area contributed by atoms with Gasteiger partial charge in [-0.2, -0.15) is 0 Å². The molecule has 0 radical (unpaired) electrons. The lowest BCUT2D eigenvalue weighted by molar-refractivity contribution is -0.122. The van der Waals surface area contributed by atoms with E-state index in [2.05, 4.69) is 21.2 Å². The van der Waals surface area contributed by atoms with Crippen LogP contribution in [0.5, 0.6) is 0 Å². The summed E-state index contributed by atoms with van der Waals surface area (Å²) in [6, 6.07) is 4.39. The molecule has 3 N–H and O–H groups in total. The molecule has 0 aliphatic carbocycles. The fourth-order valence-electron chi connectivity index (χ4n) is 1.86. The van der Waals surface area contributed by atoms with E-state index in [0.717, 1.165) is 0 Å². The average Bonchev–Trinajstić information content (AvgIpc) is 2.35. The predicted octanol–water partition coefficient (Wildman–Crippen LogP) is 3.62. The number of benzene rings is 1. The number of hydrogen-bond donors (Lipinski definition) is 2. The van der Waals surface area contributed by atoms with Gasteiger partial charge in [-0.15, -0.1) is 0 Å². The number of thiocarbonyl (C=S) groups is 1. The predicted molar refractivity (Wildman–Crippen MR) is 82.5 cm³/mol. The Morgan fingerprint density at radius 2 is 2.05 bits per heavy atom. The van der Waals surface area contributed by atoms with Crippen molar-refractivity contribution in [1.82, 2.24) is 0 Å². The highest BCUT2D eigenvalue weighted by molar-refractivity contribution is 9.10. The van der Waals surface area contributed by atoms with Crippen LogP contribution in [0.15, 0.2) is 22.7 Å². The molecule has 0 spiro atoms. The number of amides is 1. The van der Waals surface area contributed by atoms with Crippen molar-refractivity contribution in [2.45, 2.75) is 26.7 Å². The van der Waals surface area contributed by atoms with Crippen molar-refractivity contribution in [2.24, 2.45) is 11.1 Å². The number of nitrogens with one attached hydrogen (secondary N) is 1. The molecule has 0 aliphatic rings. The third kappa shape index (κ3) is 3.30. The molecule has 104 valence electrons. The van der Waals surface area contributed by atoms with Gasteiger partial charge in [0.15, 0.2) is 0 Å².